The van der Waals surface area contributed by atoms with Crippen LogP contribution in [0.3, 0.4) is 0 Å². The van der Waals surface area contributed by atoms with Crippen molar-refractivity contribution in [3.8, 4) is 0 Å². The average Bonchev–Trinajstić information content (AvgIpc) is 2.15. The number of hydrogen-bond acceptors (Lipinski definition) is 3. The van der Waals surface area contributed by atoms with Gasteiger partial charge in [-0.3, -0.25) is 9.54 Å². The van der Waals surface area contributed by atoms with Crippen LogP contribution in [0.15, 0.2) is 41.6 Å². The molecule has 0 saturated carbocycles. The van der Waals surface area contributed by atoms with Crippen LogP contribution in [0.1, 0.15) is 0 Å². The molecule has 0 bridgehead atoms. The highest BCUT2D eigenvalue weighted by atomic mass is 32.2. The van der Waals surface area contributed by atoms with Crippen LogP contribution in [0.5, 0.6) is 0 Å². The van der Waals surface area contributed by atoms with Crippen LogP contribution in [-0.4, -0.2) is 18.0 Å². The highest BCUT2D eigenvalue weighted by Gasteiger charge is 2.12. The van der Waals surface area contributed by atoms with E-state index in [1.165, 1.54) is 12.3 Å². The molecule has 2 rings (SSSR count). The molecule has 4 nitrogen and oxygen atoms in total. The Balaban J connectivity index is 2.92. The van der Waals surface area contributed by atoms with E-state index in [0.29, 0.717) is 5.39 Å². The van der Waals surface area contributed by atoms with Gasteiger partial charge in [0.25, 0.3) is 10.1 Å². The summed E-state index contributed by atoms with van der Waals surface area (Å²) in [5.41, 5.74) is 0. The average molecular weight is 209 g/mol. The van der Waals surface area contributed by atoms with Gasteiger partial charge in [0.05, 0.1) is 0 Å². The predicted octanol–water partition coefficient (Wildman–Crippen LogP) is 1.48. The van der Waals surface area contributed by atoms with Gasteiger partial charge in [0.15, 0.2) is 0 Å². The molecule has 1 aromatic heterocycles. The molecule has 5 heteroatoms. The summed E-state index contributed by atoms with van der Waals surface area (Å²) in [7, 11) is -4.17. The number of rotatable bonds is 1. The van der Waals surface area contributed by atoms with Crippen LogP contribution in [-0.2, 0) is 10.1 Å². The molecular weight excluding hydrogens is 202 g/mol. The van der Waals surface area contributed by atoms with Crippen molar-refractivity contribution < 1.29 is 13.0 Å². The molecule has 72 valence electrons. The Morgan fingerprint density at radius 3 is 2.71 bits per heavy atom. The summed E-state index contributed by atoms with van der Waals surface area (Å²) in [6, 6.07) is 6.36. The number of benzene rings is 1. The summed E-state index contributed by atoms with van der Waals surface area (Å²) in [5.74, 6) is 0. The first-order chi connectivity index (χ1) is 6.59. The largest absolute Gasteiger partial charge is 0.295 e. The van der Waals surface area contributed by atoms with E-state index in [-0.39, 0.29) is 4.90 Å². The van der Waals surface area contributed by atoms with Gasteiger partial charge in [0.2, 0.25) is 0 Å². The fraction of sp³-hybridized carbons (Fsp3) is 0. The zero-order valence-corrected chi connectivity index (χ0v) is 7.90. The Bertz CT molecular complexity index is 572. The molecule has 1 aromatic carbocycles. The van der Waals surface area contributed by atoms with Crippen molar-refractivity contribution in [2.75, 3.05) is 0 Å². The van der Waals surface area contributed by atoms with Crippen molar-refractivity contribution in [2.24, 2.45) is 0 Å². The maximum atomic E-state index is 11.0. The van der Waals surface area contributed by atoms with E-state index in [1.807, 2.05) is 0 Å². The standard InChI is InChI=1S/C9H7NO3S/c11-14(12,13)9-3-1-2-7-4-5-10-6-8(7)9/h1-6H,(H,11,12,13). The molecule has 0 aliphatic rings. The minimum absolute atomic E-state index is 0.108. The highest BCUT2D eigenvalue weighted by Crippen LogP contribution is 2.21. The van der Waals surface area contributed by atoms with Gasteiger partial charge in [-0.05, 0) is 17.5 Å². The van der Waals surface area contributed by atoms with E-state index >= 15 is 0 Å². The van der Waals surface area contributed by atoms with Gasteiger partial charge in [0, 0.05) is 17.8 Å². The Morgan fingerprint density at radius 2 is 2.00 bits per heavy atom. The van der Waals surface area contributed by atoms with Gasteiger partial charge in [-0.1, -0.05) is 12.1 Å². The third-order valence-electron chi connectivity index (χ3n) is 1.92. The molecule has 0 aliphatic carbocycles. The third-order valence-corrected chi connectivity index (χ3v) is 2.83. The molecule has 1 N–H and O–H groups in total. The third kappa shape index (κ3) is 1.47. The molecule has 2 aromatic rings. The topological polar surface area (TPSA) is 67.3 Å². The normalized spacial score (nSPS) is 11.8. The number of hydrogen-bond donors (Lipinski definition) is 1. The van der Waals surface area contributed by atoms with E-state index in [9.17, 15) is 8.42 Å². The number of nitrogens with zero attached hydrogens (tertiary/aromatic N) is 1. The van der Waals surface area contributed by atoms with Crippen molar-refractivity contribution >= 4 is 20.9 Å². The number of pyridine rings is 1. The van der Waals surface area contributed by atoms with E-state index in [1.54, 1.807) is 24.4 Å². The van der Waals surface area contributed by atoms with Crippen LogP contribution in [0.2, 0.25) is 0 Å². The van der Waals surface area contributed by atoms with Crippen molar-refractivity contribution in [3.63, 3.8) is 0 Å². The minimum atomic E-state index is -4.17. The molecule has 14 heavy (non-hydrogen) atoms. The predicted molar refractivity (Wildman–Crippen MR) is 51.6 cm³/mol. The summed E-state index contributed by atoms with van der Waals surface area (Å²) in [6.45, 7) is 0. The van der Waals surface area contributed by atoms with Crippen LogP contribution in [0.4, 0.5) is 0 Å². The SMILES string of the molecule is O=S(=O)(O)c1cccc2ccncc12. The van der Waals surface area contributed by atoms with Crippen LogP contribution in [0, 0.1) is 0 Å². The zero-order valence-electron chi connectivity index (χ0n) is 7.08. The first kappa shape index (κ1) is 9.11. The van der Waals surface area contributed by atoms with Gasteiger partial charge >= 0.3 is 0 Å². The molecular formula is C9H7NO3S. The van der Waals surface area contributed by atoms with Crippen LogP contribution < -0.4 is 0 Å². The molecule has 0 radical (unpaired) electrons. The van der Waals surface area contributed by atoms with E-state index < -0.39 is 10.1 Å². The van der Waals surface area contributed by atoms with Crippen molar-refractivity contribution in [1.82, 2.24) is 4.98 Å². The smallest absolute Gasteiger partial charge is 0.282 e. The highest BCUT2D eigenvalue weighted by molar-refractivity contribution is 7.86. The first-order valence-corrected chi connectivity index (χ1v) is 5.33. The summed E-state index contributed by atoms with van der Waals surface area (Å²) in [6.07, 6.45) is 2.98. The van der Waals surface area contributed by atoms with E-state index in [0.717, 1.165) is 5.39 Å². The lowest BCUT2D eigenvalue weighted by atomic mass is 10.2. The second-order valence-electron chi connectivity index (χ2n) is 2.83. The Morgan fingerprint density at radius 1 is 1.21 bits per heavy atom. The van der Waals surface area contributed by atoms with Crippen molar-refractivity contribution in [2.45, 2.75) is 4.90 Å². The molecule has 0 spiro atoms. The van der Waals surface area contributed by atoms with Gasteiger partial charge in [-0.2, -0.15) is 8.42 Å². The lowest BCUT2D eigenvalue weighted by Gasteiger charge is -2.01. The van der Waals surface area contributed by atoms with E-state index in [2.05, 4.69) is 4.98 Å². The second kappa shape index (κ2) is 3.04. The van der Waals surface area contributed by atoms with E-state index in [4.69, 9.17) is 4.55 Å². The zero-order chi connectivity index (χ0) is 10.2. The summed E-state index contributed by atoms with van der Waals surface area (Å²) in [5, 5.41) is 1.16. The van der Waals surface area contributed by atoms with Crippen LogP contribution >= 0.6 is 0 Å². The lowest BCUT2D eigenvalue weighted by molar-refractivity contribution is 0.484. The number of fused-ring (bicyclic) bond motifs is 1. The summed E-state index contributed by atoms with van der Waals surface area (Å²) >= 11 is 0. The molecule has 0 amide bonds. The Kier molecular flexibility index (Phi) is 1.98. The monoisotopic (exact) mass is 209 g/mol. The summed E-state index contributed by atoms with van der Waals surface area (Å²) < 4.78 is 30.9. The molecule has 0 aliphatic heterocycles. The fourth-order valence-electron chi connectivity index (χ4n) is 1.31. The maximum Gasteiger partial charge on any atom is 0.295 e. The summed E-state index contributed by atoms with van der Waals surface area (Å²) in [4.78, 5) is 3.70. The second-order valence-corrected chi connectivity index (χ2v) is 4.22. The fourth-order valence-corrected chi connectivity index (χ4v) is 2.01. The first-order valence-electron chi connectivity index (χ1n) is 3.89. The lowest BCUT2D eigenvalue weighted by Crippen LogP contribution is -1.98. The van der Waals surface area contributed by atoms with Crippen molar-refractivity contribution in [1.29, 1.82) is 0 Å². The maximum absolute atomic E-state index is 11.0. The molecule has 0 atom stereocenters. The quantitative estimate of drug-likeness (QED) is 0.722. The molecule has 0 saturated heterocycles. The number of aromatic nitrogens is 1. The molecule has 1 heterocycles. The minimum Gasteiger partial charge on any atom is -0.282 e. The molecule has 0 fully saturated rings. The van der Waals surface area contributed by atoms with Gasteiger partial charge in [-0.25, -0.2) is 0 Å². The molecule has 0 unspecified atom stereocenters. The van der Waals surface area contributed by atoms with Gasteiger partial charge < -0.3 is 0 Å². The Labute approximate surface area is 81.0 Å². The van der Waals surface area contributed by atoms with Crippen molar-refractivity contribution in [3.05, 3.63) is 36.7 Å². The van der Waals surface area contributed by atoms with Crippen LogP contribution in [0.25, 0.3) is 10.8 Å². The Hall–Kier alpha value is -1.46. The van der Waals surface area contributed by atoms with Gasteiger partial charge in [-0.15, -0.1) is 0 Å². The van der Waals surface area contributed by atoms with Gasteiger partial charge in [0.1, 0.15) is 4.90 Å².